The number of hydrogen-bond donors (Lipinski definition) is 0. The third kappa shape index (κ3) is 2.67. The van der Waals surface area contributed by atoms with Crippen molar-refractivity contribution < 1.29 is 13.3 Å². The van der Waals surface area contributed by atoms with E-state index in [4.69, 9.17) is 10.7 Å². The molecule has 0 aliphatic carbocycles. The standard InChI is InChI=1S/C7H5BrClNO4S/c1-4-2-5(8)7(10(11)12)6(3-4)15(9,13)14/h2-3H,1H3. The maximum Gasteiger partial charge on any atom is 0.303 e. The van der Waals surface area contributed by atoms with E-state index in [-0.39, 0.29) is 4.47 Å². The van der Waals surface area contributed by atoms with Crippen LogP contribution in [0.4, 0.5) is 5.69 Å². The lowest BCUT2D eigenvalue weighted by molar-refractivity contribution is -0.388. The molecule has 0 unspecified atom stereocenters. The summed E-state index contributed by atoms with van der Waals surface area (Å²) in [7, 11) is 0.976. The molecule has 1 rings (SSSR count). The van der Waals surface area contributed by atoms with Crippen LogP contribution in [0.25, 0.3) is 0 Å². The minimum atomic E-state index is -4.12. The SMILES string of the molecule is Cc1cc(Br)c([N+](=O)[O-])c(S(=O)(=O)Cl)c1. The summed E-state index contributed by atoms with van der Waals surface area (Å²) in [6.07, 6.45) is 0. The zero-order valence-electron chi connectivity index (χ0n) is 7.40. The van der Waals surface area contributed by atoms with Gasteiger partial charge >= 0.3 is 5.69 Å². The second-order valence-electron chi connectivity index (χ2n) is 2.79. The zero-order valence-corrected chi connectivity index (χ0v) is 10.6. The van der Waals surface area contributed by atoms with Crippen molar-refractivity contribution in [1.82, 2.24) is 0 Å². The number of benzene rings is 1. The molecule has 0 spiro atoms. The van der Waals surface area contributed by atoms with Crippen molar-refractivity contribution in [3.8, 4) is 0 Å². The van der Waals surface area contributed by atoms with Gasteiger partial charge in [-0.25, -0.2) is 8.42 Å². The smallest absolute Gasteiger partial charge is 0.258 e. The van der Waals surface area contributed by atoms with E-state index in [1.165, 1.54) is 6.07 Å². The fourth-order valence-corrected chi connectivity index (χ4v) is 3.01. The molecule has 0 saturated carbocycles. The van der Waals surface area contributed by atoms with Crippen molar-refractivity contribution in [2.75, 3.05) is 0 Å². The molecule has 15 heavy (non-hydrogen) atoms. The first-order chi connectivity index (χ1) is 6.73. The van der Waals surface area contributed by atoms with E-state index in [9.17, 15) is 18.5 Å². The van der Waals surface area contributed by atoms with Crippen molar-refractivity contribution in [3.63, 3.8) is 0 Å². The minimum Gasteiger partial charge on any atom is -0.258 e. The topological polar surface area (TPSA) is 77.3 Å². The van der Waals surface area contributed by atoms with Crippen molar-refractivity contribution in [3.05, 3.63) is 32.3 Å². The van der Waals surface area contributed by atoms with Gasteiger partial charge < -0.3 is 0 Å². The van der Waals surface area contributed by atoms with Crippen LogP contribution in [0.15, 0.2) is 21.5 Å². The normalized spacial score (nSPS) is 11.4. The second kappa shape index (κ2) is 4.07. The summed E-state index contributed by atoms with van der Waals surface area (Å²) in [5, 5.41) is 10.7. The quantitative estimate of drug-likeness (QED) is 0.477. The molecule has 5 nitrogen and oxygen atoms in total. The molecular formula is C7H5BrClNO4S. The molecule has 0 bridgehead atoms. The number of nitro groups is 1. The number of aryl methyl sites for hydroxylation is 1. The summed E-state index contributed by atoms with van der Waals surface area (Å²) >= 11 is 2.93. The highest BCUT2D eigenvalue weighted by Gasteiger charge is 2.27. The molecule has 0 aromatic heterocycles. The molecule has 1 aromatic carbocycles. The van der Waals surface area contributed by atoms with Gasteiger partial charge in [0.1, 0.15) is 0 Å². The van der Waals surface area contributed by atoms with E-state index < -0.39 is 24.6 Å². The molecule has 0 aliphatic rings. The Morgan fingerprint density at radius 2 is 2.00 bits per heavy atom. The summed E-state index contributed by atoms with van der Waals surface area (Å²) in [6, 6.07) is 2.61. The van der Waals surface area contributed by atoms with E-state index in [1.54, 1.807) is 6.92 Å². The van der Waals surface area contributed by atoms with Crippen LogP contribution in [0.3, 0.4) is 0 Å². The molecule has 0 heterocycles. The highest BCUT2D eigenvalue weighted by atomic mass is 79.9. The summed E-state index contributed by atoms with van der Waals surface area (Å²) in [5.74, 6) is 0. The van der Waals surface area contributed by atoms with Crippen molar-refractivity contribution in [2.24, 2.45) is 0 Å². The summed E-state index contributed by atoms with van der Waals surface area (Å²) < 4.78 is 22.3. The van der Waals surface area contributed by atoms with Gasteiger partial charge in [0.15, 0.2) is 4.90 Å². The van der Waals surface area contributed by atoms with E-state index in [0.29, 0.717) is 5.56 Å². The Kier molecular flexibility index (Phi) is 3.37. The van der Waals surface area contributed by atoms with Crippen LogP contribution < -0.4 is 0 Å². The Hall–Kier alpha value is -0.660. The second-order valence-corrected chi connectivity index (χ2v) is 6.18. The van der Waals surface area contributed by atoms with E-state index in [2.05, 4.69) is 15.9 Å². The van der Waals surface area contributed by atoms with Crippen LogP contribution >= 0.6 is 26.6 Å². The fraction of sp³-hybridized carbons (Fsp3) is 0.143. The number of nitro benzene ring substituents is 1. The van der Waals surface area contributed by atoms with E-state index in [1.807, 2.05) is 0 Å². The third-order valence-corrected chi connectivity index (χ3v) is 3.56. The number of rotatable bonds is 2. The molecule has 82 valence electrons. The molecule has 0 N–H and O–H groups in total. The molecule has 0 amide bonds. The van der Waals surface area contributed by atoms with Gasteiger partial charge in [-0.15, -0.1) is 0 Å². The largest absolute Gasteiger partial charge is 0.303 e. The minimum absolute atomic E-state index is 0.0896. The highest BCUT2D eigenvalue weighted by Crippen LogP contribution is 2.34. The predicted molar refractivity (Wildman–Crippen MR) is 58.6 cm³/mol. The molecule has 0 radical (unpaired) electrons. The van der Waals surface area contributed by atoms with Gasteiger partial charge in [-0.2, -0.15) is 0 Å². The first-order valence-corrected chi connectivity index (χ1v) is 6.73. The number of hydrogen-bond acceptors (Lipinski definition) is 4. The van der Waals surface area contributed by atoms with E-state index in [0.717, 1.165) is 6.07 Å². The van der Waals surface area contributed by atoms with Crippen molar-refractivity contribution in [2.45, 2.75) is 11.8 Å². The monoisotopic (exact) mass is 313 g/mol. The van der Waals surface area contributed by atoms with Crippen molar-refractivity contribution in [1.29, 1.82) is 0 Å². The van der Waals surface area contributed by atoms with Gasteiger partial charge in [0.2, 0.25) is 0 Å². The molecule has 0 aliphatic heterocycles. The Morgan fingerprint density at radius 3 is 2.40 bits per heavy atom. The average Bonchev–Trinajstić information content (AvgIpc) is 1.99. The third-order valence-electron chi connectivity index (χ3n) is 1.62. The highest BCUT2D eigenvalue weighted by molar-refractivity contribution is 9.10. The van der Waals surface area contributed by atoms with Gasteiger partial charge in [0, 0.05) is 10.7 Å². The van der Waals surface area contributed by atoms with Crippen LogP contribution in [0, 0.1) is 17.0 Å². The molecule has 1 aromatic rings. The summed E-state index contributed by atoms with van der Waals surface area (Å²) in [4.78, 5) is 9.36. The van der Waals surface area contributed by atoms with Gasteiger partial charge in [0.25, 0.3) is 9.05 Å². The summed E-state index contributed by atoms with van der Waals surface area (Å²) in [5.41, 5.74) is 0.0160. The fourth-order valence-electron chi connectivity index (χ4n) is 1.07. The first-order valence-electron chi connectivity index (χ1n) is 3.62. The molecule has 8 heteroatoms. The molecule has 0 saturated heterocycles. The van der Waals surface area contributed by atoms with Crippen LogP contribution in [0.2, 0.25) is 0 Å². The van der Waals surface area contributed by atoms with Crippen molar-refractivity contribution >= 4 is 41.4 Å². The molecule has 0 fully saturated rings. The maximum atomic E-state index is 11.1. The Labute approximate surface area is 98.7 Å². The molecule has 0 atom stereocenters. The van der Waals surface area contributed by atoms with Crippen LogP contribution in [-0.2, 0) is 9.05 Å². The van der Waals surface area contributed by atoms with Gasteiger partial charge in [-0.1, -0.05) is 0 Å². The molecular weight excluding hydrogens is 310 g/mol. The van der Waals surface area contributed by atoms with Crippen LogP contribution in [-0.4, -0.2) is 13.3 Å². The van der Waals surface area contributed by atoms with Crippen LogP contribution in [0.1, 0.15) is 5.56 Å². The lowest BCUT2D eigenvalue weighted by atomic mass is 10.2. The van der Waals surface area contributed by atoms with E-state index >= 15 is 0 Å². The number of halogens is 2. The Balaban J connectivity index is 3.70. The lowest BCUT2D eigenvalue weighted by Gasteiger charge is -2.02. The first kappa shape index (κ1) is 12.4. The Morgan fingerprint density at radius 1 is 1.47 bits per heavy atom. The lowest BCUT2D eigenvalue weighted by Crippen LogP contribution is -2.00. The number of nitrogens with zero attached hydrogens (tertiary/aromatic N) is 1. The summed E-state index contributed by atoms with van der Waals surface area (Å²) in [6.45, 7) is 1.61. The average molecular weight is 315 g/mol. The maximum absolute atomic E-state index is 11.1. The van der Waals surface area contributed by atoms with Gasteiger partial charge in [-0.3, -0.25) is 10.1 Å². The zero-order chi connectivity index (χ0) is 11.8. The van der Waals surface area contributed by atoms with Gasteiger partial charge in [0.05, 0.1) is 9.40 Å². The predicted octanol–water partition coefficient (Wildman–Crippen LogP) is 2.59. The van der Waals surface area contributed by atoms with Crippen LogP contribution in [0.5, 0.6) is 0 Å². The van der Waals surface area contributed by atoms with Gasteiger partial charge in [-0.05, 0) is 40.5 Å². The Bertz CT molecular complexity index is 528.